The van der Waals surface area contributed by atoms with Crippen molar-refractivity contribution in [3.05, 3.63) is 71.8 Å². The lowest BCUT2D eigenvalue weighted by molar-refractivity contribution is -0.258. The summed E-state index contributed by atoms with van der Waals surface area (Å²) >= 11 is 0. The smallest absolute Gasteiger partial charge is 0.338 e. The molecule has 2 rings (SSSR count). The largest absolute Gasteiger partial charge is 0.462 e. The topological polar surface area (TPSA) is 127 Å². The van der Waals surface area contributed by atoms with Crippen molar-refractivity contribution in [2.24, 2.45) is 5.92 Å². The van der Waals surface area contributed by atoms with E-state index in [1.807, 2.05) is 0 Å². The van der Waals surface area contributed by atoms with Crippen molar-refractivity contribution >= 4 is 21.8 Å². The van der Waals surface area contributed by atoms with Gasteiger partial charge in [0.2, 0.25) is 6.29 Å². The Morgan fingerprint density at radius 3 is 1.84 bits per heavy atom. The highest BCUT2D eigenvalue weighted by atomic mass is 32.2. The van der Waals surface area contributed by atoms with Gasteiger partial charge < -0.3 is 19.7 Å². The first kappa shape index (κ1) is 25.4. The SMILES string of the molecule is CS(=O)(=O)CC(COC(=O)c1ccccc1)[C@@H](OC(=O)c1ccccc1)C(F)(F)C(O)O. The lowest BCUT2D eigenvalue weighted by Gasteiger charge is -2.33. The van der Waals surface area contributed by atoms with Gasteiger partial charge in [-0.2, -0.15) is 8.78 Å². The van der Waals surface area contributed by atoms with Crippen LogP contribution < -0.4 is 0 Å². The van der Waals surface area contributed by atoms with Crippen molar-refractivity contribution in [1.82, 2.24) is 0 Å². The molecule has 2 N–H and O–H groups in total. The highest BCUT2D eigenvalue weighted by Gasteiger charge is 2.53. The summed E-state index contributed by atoms with van der Waals surface area (Å²) in [6.07, 6.45) is -5.15. The summed E-state index contributed by atoms with van der Waals surface area (Å²) < 4.78 is 62.9. The molecule has 0 amide bonds. The molecule has 0 aliphatic heterocycles. The van der Waals surface area contributed by atoms with Crippen LogP contribution in [0.25, 0.3) is 0 Å². The van der Waals surface area contributed by atoms with Crippen LogP contribution in [0, 0.1) is 5.92 Å². The van der Waals surface area contributed by atoms with Gasteiger partial charge in [0.1, 0.15) is 9.84 Å². The van der Waals surface area contributed by atoms with E-state index in [2.05, 4.69) is 0 Å². The van der Waals surface area contributed by atoms with Gasteiger partial charge >= 0.3 is 17.9 Å². The first-order chi connectivity index (χ1) is 14.9. The van der Waals surface area contributed by atoms with Crippen molar-refractivity contribution in [3.63, 3.8) is 0 Å². The van der Waals surface area contributed by atoms with Crippen LogP contribution in [0.5, 0.6) is 0 Å². The van der Waals surface area contributed by atoms with Gasteiger partial charge in [0.15, 0.2) is 6.10 Å². The molecule has 0 aliphatic rings. The minimum absolute atomic E-state index is 0.0809. The molecule has 8 nitrogen and oxygen atoms in total. The summed E-state index contributed by atoms with van der Waals surface area (Å²) in [4.78, 5) is 24.6. The number of benzene rings is 2. The van der Waals surface area contributed by atoms with Gasteiger partial charge in [-0.15, -0.1) is 0 Å². The second kappa shape index (κ2) is 10.6. The highest BCUT2D eigenvalue weighted by molar-refractivity contribution is 7.90. The summed E-state index contributed by atoms with van der Waals surface area (Å²) in [6, 6.07) is 14.5. The zero-order valence-corrected chi connectivity index (χ0v) is 17.7. The Balaban J connectivity index is 2.35. The Bertz CT molecular complexity index is 1010. The van der Waals surface area contributed by atoms with Crippen molar-refractivity contribution < 1.29 is 46.5 Å². The lowest BCUT2D eigenvalue weighted by atomic mass is 9.98. The first-order valence-electron chi connectivity index (χ1n) is 9.31. The van der Waals surface area contributed by atoms with Crippen molar-refractivity contribution in [2.75, 3.05) is 18.6 Å². The highest BCUT2D eigenvalue weighted by Crippen LogP contribution is 2.32. The molecule has 0 radical (unpaired) electrons. The predicted octanol–water partition coefficient (Wildman–Crippen LogP) is 1.68. The average molecular weight is 472 g/mol. The average Bonchev–Trinajstić information content (AvgIpc) is 2.74. The molecule has 0 heterocycles. The minimum Gasteiger partial charge on any atom is -0.462 e. The van der Waals surface area contributed by atoms with Gasteiger partial charge in [0.25, 0.3) is 0 Å². The number of esters is 2. The van der Waals surface area contributed by atoms with Gasteiger partial charge in [-0.1, -0.05) is 36.4 Å². The number of aliphatic hydroxyl groups excluding tert-OH is 1. The van der Waals surface area contributed by atoms with E-state index in [1.54, 1.807) is 12.1 Å². The molecule has 11 heteroatoms. The number of alkyl halides is 2. The van der Waals surface area contributed by atoms with E-state index in [0.29, 0.717) is 0 Å². The van der Waals surface area contributed by atoms with Gasteiger partial charge in [-0.3, -0.25) is 0 Å². The van der Waals surface area contributed by atoms with Crippen LogP contribution in [0.1, 0.15) is 20.7 Å². The Morgan fingerprint density at radius 1 is 0.938 bits per heavy atom. The summed E-state index contributed by atoms with van der Waals surface area (Å²) in [6.45, 7) is -0.893. The van der Waals surface area contributed by atoms with Gasteiger partial charge in [-0.25, -0.2) is 18.0 Å². The Labute approximate surface area is 183 Å². The van der Waals surface area contributed by atoms with Crippen molar-refractivity contribution in [1.29, 1.82) is 0 Å². The predicted molar refractivity (Wildman–Crippen MR) is 109 cm³/mol. The number of hydrogen-bond donors (Lipinski definition) is 2. The molecule has 0 fully saturated rings. The van der Waals surface area contributed by atoms with Crippen molar-refractivity contribution in [3.8, 4) is 0 Å². The van der Waals surface area contributed by atoms with Crippen LogP contribution in [-0.2, 0) is 19.3 Å². The second-order valence-electron chi connectivity index (χ2n) is 7.06. The number of hydrogen-bond acceptors (Lipinski definition) is 8. The third kappa shape index (κ3) is 7.08. The molecule has 1 unspecified atom stereocenters. The molecule has 2 aromatic rings. The zero-order valence-electron chi connectivity index (χ0n) is 16.9. The van der Waals surface area contributed by atoms with E-state index in [9.17, 15) is 37.0 Å². The van der Waals surface area contributed by atoms with E-state index in [1.165, 1.54) is 48.5 Å². The molecule has 174 valence electrons. The molecular weight excluding hydrogens is 450 g/mol. The van der Waals surface area contributed by atoms with Gasteiger partial charge in [0, 0.05) is 6.26 Å². The molecule has 0 aromatic heterocycles. The van der Waals surface area contributed by atoms with Crippen molar-refractivity contribution in [2.45, 2.75) is 18.3 Å². The van der Waals surface area contributed by atoms with E-state index in [4.69, 9.17) is 9.47 Å². The summed E-state index contributed by atoms with van der Waals surface area (Å²) in [5.41, 5.74) is -0.0440. The molecule has 0 saturated carbocycles. The van der Waals surface area contributed by atoms with E-state index in [-0.39, 0.29) is 11.1 Å². The molecule has 0 aliphatic carbocycles. The summed E-state index contributed by atoms with van der Waals surface area (Å²) in [5.74, 6) is -9.43. The first-order valence-corrected chi connectivity index (χ1v) is 11.4. The molecule has 32 heavy (non-hydrogen) atoms. The van der Waals surface area contributed by atoms with Crippen LogP contribution in [0.3, 0.4) is 0 Å². The Kier molecular flexibility index (Phi) is 8.42. The number of rotatable bonds is 10. The lowest BCUT2D eigenvalue weighted by Crippen LogP contribution is -2.53. The minimum atomic E-state index is -4.47. The molecule has 0 spiro atoms. The van der Waals surface area contributed by atoms with E-state index < -0.39 is 58.4 Å². The number of sulfone groups is 1. The van der Waals surface area contributed by atoms with E-state index in [0.717, 1.165) is 6.26 Å². The fourth-order valence-corrected chi connectivity index (χ4v) is 3.89. The number of ether oxygens (including phenoxy) is 2. The zero-order chi connectivity index (χ0) is 23.9. The Hall–Kier alpha value is -2.89. The molecule has 0 saturated heterocycles. The summed E-state index contributed by atoms with van der Waals surface area (Å²) in [7, 11) is -3.95. The fraction of sp³-hybridized carbons (Fsp3) is 0.333. The van der Waals surface area contributed by atoms with E-state index >= 15 is 0 Å². The van der Waals surface area contributed by atoms with Crippen LogP contribution in [0.4, 0.5) is 8.78 Å². The normalized spacial score (nSPS) is 13.9. The third-order valence-electron chi connectivity index (χ3n) is 4.35. The summed E-state index contributed by atoms with van der Waals surface area (Å²) in [5, 5.41) is 18.4. The number of halogens is 2. The molecule has 2 atom stereocenters. The molecule has 2 aromatic carbocycles. The monoisotopic (exact) mass is 472 g/mol. The maximum atomic E-state index is 14.6. The molecule has 0 bridgehead atoms. The number of aliphatic hydroxyl groups is 2. The third-order valence-corrected chi connectivity index (χ3v) is 5.38. The second-order valence-corrected chi connectivity index (χ2v) is 9.24. The quantitative estimate of drug-likeness (QED) is 0.395. The van der Waals surface area contributed by atoms with Crippen LogP contribution in [-0.4, -0.2) is 67.5 Å². The fourth-order valence-electron chi connectivity index (χ4n) is 2.85. The maximum Gasteiger partial charge on any atom is 0.338 e. The van der Waals surface area contributed by atoms with Gasteiger partial charge in [0.05, 0.1) is 29.4 Å². The van der Waals surface area contributed by atoms with Crippen LogP contribution >= 0.6 is 0 Å². The maximum absolute atomic E-state index is 14.6. The van der Waals surface area contributed by atoms with Crippen LogP contribution in [0.15, 0.2) is 60.7 Å². The standard InChI is InChI=1S/C21H22F2O8S/c1-32(28,29)13-16(12-30-18(24)14-8-4-2-5-9-14)17(21(22,23)20(26)27)31-19(25)15-10-6-3-7-11-15/h2-11,16-17,20,26-27H,12-13H2,1H3/t16?,17-/m1/s1. The van der Waals surface area contributed by atoms with Crippen LogP contribution in [0.2, 0.25) is 0 Å². The Morgan fingerprint density at radius 2 is 1.41 bits per heavy atom. The molecular formula is C21H22F2O8S. The van der Waals surface area contributed by atoms with Gasteiger partial charge in [-0.05, 0) is 24.3 Å². The number of carbonyl (C=O) groups excluding carboxylic acids is 2. The number of carbonyl (C=O) groups is 2.